The summed E-state index contributed by atoms with van der Waals surface area (Å²) in [6.07, 6.45) is -0.851. The van der Waals surface area contributed by atoms with Crippen LogP contribution in [0.4, 0.5) is 4.79 Å². The minimum Gasteiger partial charge on any atom is -0.606 e. The topological polar surface area (TPSA) is 77.7 Å². The second-order valence-electron chi connectivity index (χ2n) is 2.63. The van der Waals surface area contributed by atoms with Crippen LogP contribution in [-0.4, -0.2) is 30.3 Å². The SMILES string of the molecule is COC(=O)[N-][C@H](C(=O)O)C(C)C.[Li+]. The maximum atomic E-state index is 10.6. The van der Waals surface area contributed by atoms with Crippen molar-refractivity contribution in [2.75, 3.05) is 7.11 Å². The number of carbonyl (C=O) groups is 2. The van der Waals surface area contributed by atoms with Crippen molar-refractivity contribution in [1.29, 1.82) is 0 Å². The van der Waals surface area contributed by atoms with Gasteiger partial charge in [0.2, 0.25) is 6.09 Å². The molecule has 0 aromatic heterocycles. The van der Waals surface area contributed by atoms with Crippen molar-refractivity contribution in [3.63, 3.8) is 0 Å². The van der Waals surface area contributed by atoms with Crippen LogP contribution in [0.1, 0.15) is 13.8 Å². The van der Waals surface area contributed by atoms with Gasteiger partial charge in [-0.15, -0.1) is 0 Å². The first-order chi connectivity index (χ1) is 5.49. The van der Waals surface area contributed by atoms with E-state index in [0.717, 1.165) is 7.11 Å². The number of amides is 1. The van der Waals surface area contributed by atoms with E-state index >= 15 is 0 Å². The first-order valence-electron chi connectivity index (χ1n) is 3.50. The summed E-state index contributed by atoms with van der Waals surface area (Å²) >= 11 is 0. The minimum atomic E-state index is -1.12. The summed E-state index contributed by atoms with van der Waals surface area (Å²) < 4.78 is 4.21. The van der Waals surface area contributed by atoms with Crippen LogP contribution < -0.4 is 18.9 Å². The number of methoxy groups -OCH3 is 1. The maximum Gasteiger partial charge on any atom is 1.00 e. The fraction of sp³-hybridized carbons (Fsp3) is 0.714. The number of rotatable bonds is 3. The van der Waals surface area contributed by atoms with Crippen LogP contribution in [0.25, 0.3) is 5.32 Å². The predicted octanol–water partition coefficient (Wildman–Crippen LogP) is -1.76. The number of hydrogen-bond donors (Lipinski definition) is 1. The van der Waals surface area contributed by atoms with Crippen molar-refractivity contribution in [3.05, 3.63) is 5.32 Å². The Balaban J connectivity index is 0. The molecule has 13 heavy (non-hydrogen) atoms. The standard InChI is InChI=1S/C7H13NO4.Li/c1-4(2)5(6(9)10)8-7(11)12-3;/h4-5H,1-3H3,(H2,8,9,10,11);/q;+1/p-1/t5-;/m0./s1. The van der Waals surface area contributed by atoms with Crippen molar-refractivity contribution in [2.24, 2.45) is 5.92 Å². The molecule has 0 rings (SSSR count). The van der Waals surface area contributed by atoms with Gasteiger partial charge in [0, 0.05) is 0 Å². The average molecular weight is 181 g/mol. The van der Waals surface area contributed by atoms with Gasteiger partial charge in [-0.05, 0) is 12.0 Å². The molecule has 6 heteroatoms. The molecular formula is C7H12LiNO4. The van der Waals surface area contributed by atoms with E-state index in [2.05, 4.69) is 10.1 Å². The van der Waals surface area contributed by atoms with Gasteiger partial charge in [-0.3, -0.25) is 9.59 Å². The molecule has 0 aromatic rings. The number of hydrogen-bond acceptors (Lipinski definition) is 3. The largest absolute Gasteiger partial charge is 1.00 e. The van der Waals surface area contributed by atoms with Crippen molar-refractivity contribution < 1.29 is 38.3 Å². The molecule has 0 aliphatic heterocycles. The molecule has 0 heterocycles. The fourth-order valence-corrected chi connectivity index (χ4v) is 0.656. The summed E-state index contributed by atoms with van der Waals surface area (Å²) in [6, 6.07) is -1.02. The number of aliphatic carboxylic acids is 1. The summed E-state index contributed by atoms with van der Waals surface area (Å²) in [5, 5.41) is 11.9. The van der Waals surface area contributed by atoms with Gasteiger partial charge in [0.05, 0.1) is 7.11 Å². The number of carbonyl (C=O) groups excluding carboxylic acids is 1. The molecule has 1 amide bonds. The zero-order chi connectivity index (χ0) is 9.72. The molecule has 0 aromatic carbocycles. The molecule has 0 saturated carbocycles. The van der Waals surface area contributed by atoms with Gasteiger partial charge in [0.15, 0.2) is 0 Å². The Morgan fingerprint density at radius 1 is 1.38 bits per heavy atom. The third kappa shape index (κ3) is 5.56. The van der Waals surface area contributed by atoms with Crippen molar-refractivity contribution in [2.45, 2.75) is 19.9 Å². The second kappa shape index (κ2) is 6.81. The van der Waals surface area contributed by atoms with Gasteiger partial charge in [0.1, 0.15) is 0 Å². The zero-order valence-corrected chi connectivity index (χ0v) is 8.27. The third-order valence-electron chi connectivity index (χ3n) is 1.30. The van der Waals surface area contributed by atoms with E-state index in [1.54, 1.807) is 13.8 Å². The minimum absolute atomic E-state index is 0. The summed E-state index contributed by atoms with van der Waals surface area (Å²) in [5.74, 6) is -1.34. The zero-order valence-electron chi connectivity index (χ0n) is 8.27. The van der Waals surface area contributed by atoms with Crippen LogP contribution in [0, 0.1) is 5.92 Å². The van der Waals surface area contributed by atoms with E-state index < -0.39 is 18.1 Å². The normalized spacial score (nSPS) is 11.4. The molecule has 0 saturated heterocycles. The molecule has 0 bridgehead atoms. The molecule has 70 valence electrons. The fourth-order valence-electron chi connectivity index (χ4n) is 0.656. The van der Waals surface area contributed by atoms with Crippen molar-refractivity contribution in [3.8, 4) is 0 Å². The van der Waals surface area contributed by atoms with Gasteiger partial charge >= 0.3 is 18.9 Å². The number of carboxylic acids is 1. The van der Waals surface area contributed by atoms with Gasteiger partial charge in [0.25, 0.3) is 5.97 Å². The van der Waals surface area contributed by atoms with E-state index in [1.165, 1.54) is 0 Å². The number of carboxylic acid groups (broad SMARTS) is 1. The smallest absolute Gasteiger partial charge is 0.606 e. The number of nitrogens with zero attached hydrogens (tertiary/aromatic N) is 1. The van der Waals surface area contributed by atoms with Crippen LogP contribution in [-0.2, 0) is 9.53 Å². The van der Waals surface area contributed by atoms with Crippen molar-refractivity contribution in [1.82, 2.24) is 0 Å². The van der Waals surface area contributed by atoms with E-state index in [-0.39, 0.29) is 24.8 Å². The third-order valence-corrected chi connectivity index (χ3v) is 1.30. The van der Waals surface area contributed by atoms with Crippen LogP contribution in [0.2, 0.25) is 0 Å². The molecule has 0 aliphatic carbocycles. The molecule has 1 atom stereocenters. The monoisotopic (exact) mass is 181 g/mol. The first-order valence-corrected chi connectivity index (χ1v) is 3.50. The summed E-state index contributed by atoms with van der Waals surface area (Å²) in [4.78, 5) is 21.1. The Bertz CT molecular complexity index is 183. The van der Waals surface area contributed by atoms with E-state index in [9.17, 15) is 9.59 Å². The maximum absolute atomic E-state index is 10.6. The molecule has 0 radical (unpaired) electrons. The Kier molecular flexibility index (Phi) is 7.77. The Labute approximate surface area is 89.0 Å². The van der Waals surface area contributed by atoms with E-state index in [1.807, 2.05) is 0 Å². The van der Waals surface area contributed by atoms with Crippen LogP contribution in [0.5, 0.6) is 0 Å². The van der Waals surface area contributed by atoms with Gasteiger partial charge < -0.3 is 15.2 Å². The quantitative estimate of drug-likeness (QED) is 0.523. The Morgan fingerprint density at radius 3 is 2.08 bits per heavy atom. The molecule has 0 aliphatic rings. The summed E-state index contributed by atoms with van der Waals surface area (Å²) in [7, 11) is 1.16. The van der Waals surface area contributed by atoms with Gasteiger partial charge in [-0.25, -0.2) is 0 Å². The summed E-state index contributed by atoms with van der Waals surface area (Å²) in [6.45, 7) is 3.34. The molecule has 5 nitrogen and oxygen atoms in total. The van der Waals surface area contributed by atoms with Crippen LogP contribution in [0.3, 0.4) is 0 Å². The molecule has 0 fully saturated rings. The van der Waals surface area contributed by atoms with Gasteiger partial charge in [-0.2, -0.15) is 0 Å². The Morgan fingerprint density at radius 2 is 1.85 bits per heavy atom. The van der Waals surface area contributed by atoms with E-state index in [4.69, 9.17) is 5.11 Å². The number of ether oxygens (including phenoxy) is 1. The second-order valence-corrected chi connectivity index (χ2v) is 2.63. The predicted molar refractivity (Wildman–Crippen MR) is 42.0 cm³/mol. The van der Waals surface area contributed by atoms with Crippen LogP contribution in [0.15, 0.2) is 0 Å². The Hall–Kier alpha value is -0.663. The van der Waals surface area contributed by atoms with Crippen LogP contribution >= 0.6 is 0 Å². The first kappa shape index (κ1) is 14.8. The molecular weight excluding hydrogens is 169 g/mol. The van der Waals surface area contributed by atoms with Crippen molar-refractivity contribution >= 4 is 12.1 Å². The average Bonchev–Trinajstić information content (AvgIpc) is 1.98. The molecule has 1 N–H and O–H groups in total. The molecule has 0 unspecified atom stereocenters. The summed E-state index contributed by atoms with van der Waals surface area (Å²) in [5.41, 5.74) is 0. The van der Waals surface area contributed by atoms with Gasteiger partial charge in [-0.1, -0.05) is 13.8 Å². The molecule has 0 spiro atoms. The van der Waals surface area contributed by atoms with E-state index in [0.29, 0.717) is 0 Å².